The van der Waals surface area contributed by atoms with E-state index < -0.39 is 0 Å². The van der Waals surface area contributed by atoms with Crippen LogP contribution in [0.15, 0.2) is 35.3 Å². The highest BCUT2D eigenvalue weighted by Crippen LogP contribution is 2.21. The van der Waals surface area contributed by atoms with Crippen molar-refractivity contribution in [3.63, 3.8) is 0 Å². The zero-order valence-corrected chi connectivity index (χ0v) is 9.08. The molecule has 0 fully saturated rings. The average molecular weight is 182 g/mol. The maximum absolute atomic E-state index is 3.65. The molecule has 0 unspecified atom stereocenters. The maximum Gasteiger partial charge on any atom is 0.00583 e. The summed E-state index contributed by atoms with van der Waals surface area (Å²) in [7, 11) is 0. The molecule has 0 saturated carbocycles. The Morgan fingerprint density at radius 1 is 1.42 bits per heavy atom. The molecule has 0 rings (SSSR count). The molecule has 0 aliphatic rings. The number of thioether (sulfide) groups is 1. The number of hydrogen-bond donors (Lipinski definition) is 0. The molecule has 0 spiro atoms. The summed E-state index contributed by atoms with van der Waals surface area (Å²) in [5, 5.41) is 0. The van der Waals surface area contributed by atoms with Crippen LogP contribution < -0.4 is 0 Å². The van der Waals surface area contributed by atoms with Gasteiger partial charge in [0.05, 0.1) is 0 Å². The summed E-state index contributed by atoms with van der Waals surface area (Å²) in [6.07, 6.45) is 7.16. The predicted molar refractivity (Wildman–Crippen MR) is 60.5 cm³/mol. The van der Waals surface area contributed by atoms with Crippen molar-refractivity contribution in [1.82, 2.24) is 0 Å². The summed E-state index contributed by atoms with van der Waals surface area (Å²) >= 11 is 1.91. The Hall–Kier alpha value is -0.430. The molecule has 68 valence electrons. The van der Waals surface area contributed by atoms with Crippen LogP contribution in [0.2, 0.25) is 0 Å². The van der Waals surface area contributed by atoms with E-state index in [1.165, 1.54) is 22.7 Å². The van der Waals surface area contributed by atoms with Gasteiger partial charge in [-0.25, -0.2) is 0 Å². The van der Waals surface area contributed by atoms with Gasteiger partial charge in [-0.05, 0) is 32.1 Å². The molecular formula is C11H18S. The lowest BCUT2D eigenvalue weighted by Crippen LogP contribution is -1.79. The average Bonchev–Trinajstić information content (AvgIpc) is 2.04. The standard InChI is InChI=1S/C11H18S/c1-5-7-8-11(10(3)4)12-9-6-2/h5,7-8H,1,6,9H2,2-4H3. The van der Waals surface area contributed by atoms with E-state index in [1.54, 1.807) is 0 Å². The molecule has 0 aliphatic carbocycles. The van der Waals surface area contributed by atoms with Gasteiger partial charge in [0.25, 0.3) is 0 Å². The van der Waals surface area contributed by atoms with Gasteiger partial charge in [-0.1, -0.05) is 31.2 Å². The van der Waals surface area contributed by atoms with Crippen LogP contribution in [-0.2, 0) is 0 Å². The molecule has 0 aromatic heterocycles. The number of allylic oxidation sites excluding steroid dienone is 4. The van der Waals surface area contributed by atoms with Crippen LogP contribution in [-0.4, -0.2) is 5.75 Å². The van der Waals surface area contributed by atoms with Crippen molar-refractivity contribution in [3.05, 3.63) is 35.3 Å². The molecule has 0 radical (unpaired) electrons. The van der Waals surface area contributed by atoms with E-state index in [0.717, 1.165) is 0 Å². The first-order valence-corrected chi connectivity index (χ1v) is 5.30. The number of hydrogen-bond acceptors (Lipinski definition) is 1. The van der Waals surface area contributed by atoms with Gasteiger partial charge in [0.15, 0.2) is 0 Å². The van der Waals surface area contributed by atoms with Crippen molar-refractivity contribution in [2.45, 2.75) is 27.2 Å². The van der Waals surface area contributed by atoms with Crippen LogP contribution in [0.1, 0.15) is 27.2 Å². The summed E-state index contributed by atoms with van der Waals surface area (Å²) in [4.78, 5) is 1.37. The van der Waals surface area contributed by atoms with Crippen LogP contribution in [0.25, 0.3) is 0 Å². The van der Waals surface area contributed by atoms with E-state index in [4.69, 9.17) is 0 Å². The molecular weight excluding hydrogens is 164 g/mol. The van der Waals surface area contributed by atoms with Gasteiger partial charge >= 0.3 is 0 Å². The maximum atomic E-state index is 3.65. The monoisotopic (exact) mass is 182 g/mol. The fourth-order valence-corrected chi connectivity index (χ4v) is 1.61. The molecule has 0 saturated heterocycles. The Morgan fingerprint density at radius 2 is 2.08 bits per heavy atom. The first-order valence-electron chi connectivity index (χ1n) is 4.31. The van der Waals surface area contributed by atoms with Crippen LogP contribution in [0.3, 0.4) is 0 Å². The van der Waals surface area contributed by atoms with Crippen molar-refractivity contribution < 1.29 is 0 Å². The Balaban J connectivity index is 4.16. The third-order valence-corrected chi connectivity index (χ3v) is 2.81. The molecule has 12 heavy (non-hydrogen) atoms. The molecule has 0 aromatic rings. The van der Waals surface area contributed by atoms with Gasteiger partial charge in [0.2, 0.25) is 0 Å². The van der Waals surface area contributed by atoms with Crippen molar-refractivity contribution in [2.24, 2.45) is 0 Å². The quantitative estimate of drug-likeness (QED) is 0.575. The van der Waals surface area contributed by atoms with E-state index in [9.17, 15) is 0 Å². The van der Waals surface area contributed by atoms with E-state index in [1.807, 2.05) is 23.9 Å². The minimum absolute atomic E-state index is 1.20. The van der Waals surface area contributed by atoms with Crippen molar-refractivity contribution in [1.29, 1.82) is 0 Å². The summed E-state index contributed by atoms with van der Waals surface area (Å²) in [6, 6.07) is 0. The lowest BCUT2D eigenvalue weighted by atomic mass is 10.3. The van der Waals surface area contributed by atoms with Gasteiger partial charge in [0.1, 0.15) is 0 Å². The molecule has 0 aliphatic heterocycles. The lowest BCUT2D eigenvalue weighted by Gasteiger charge is -2.02. The predicted octanol–water partition coefficient (Wildman–Crippen LogP) is 4.17. The lowest BCUT2D eigenvalue weighted by molar-refractivity contribution is 1.11. The normalized spacial score (nSPS) is 10.2. The highest BCUT2D eigenvalue weighted by molar-refractivity contribution is 8.03. The van der Waals surface area contributed by atoms with Crippen LogP contribution in [0.5, 0.6) is 0 Å². The van der Waals surface area contributed by atoms with E-state index >= 15 is 0 Å². The second-order valence-corrected chi connectivity index (χ2v) is 3.94. The summed E-state index contributed by atoms with van der Waals surface area (Å²) in [6.45, 7) is 10.1. The second kappa shape index (κ2) is 7.23. The van der Waals surface area contributed by atoms with Crippen LogP contribution >= 0.6 is 11.8 Å². The second-order valence-electron chi connectivity index (χ2n) is 2.81. The minimum Gasteiger partial charge on any atom is -0.126 e. The van der Waals surface area contributed by atoms with Gasteiger partial charge in [-0.15, -0.1) is 11.8 Å². The Labute approximate surface area is 80.4 Å². The SMILES string of the molecule is C=CC=CC(SCCC)=C(C)C. The zero-order chi connectivity index (χ0) is 9.40. The molecule has 0 bridgehead atoms. The summed E-state index contributed by atoms with van der Waals surface area (Å²) in [5.74, 6) is 1.20. The van der Waals surface area contributed by atoms with Crippen LogP contribution in [0.4, 0.5) is 0 Å². The fourth-order valence-electron chi connectivity index (χ4n) is 0.727. The van der Waals surface area contributed by atoms with E-state index in [2.05, 4.69) is 33.4 Å². The largest absolute Gasteiger partial charge is 0.126 e. The Morgan fingerprint density at radius 3 is 2.50 bits per heavy atom. The first kappa shape index (κ1) is 11.6. The van der Waals surface area contributed by atoms with Gasteiger partial charge in [-0.3, -0.25) is 0 Å². The molecule has 0 amide bonds. The fraction of sp³-hybridized carbons (Fsp3) is 0.455. The molecule has 0 atom stereocenters. The molecule has 0 N–H and O–H groups in total. The highest BCUT2D eigenvalue weighted by Gasteiger charge is 1.93. The molecule has 1 heteroatoms. The van der Waals surface area contributed by atoms with Crippen molar-refractivity contribution in [3.8, 4) is 0 Å². The minimum atomic E-state index is 1.20. The van der Waals surface area contributed by atoms with Crippen molar-refractivity contribution in [2.75, 3.05) is 5.75 Å². The first-order chi connectivity index (χ1) is 5.72. The van der Waals surface area contributed by atoms with Gasteiger partial charge in [0, 0.05) is 4.91 Å². The third kappa shape index (κ3) is 5.25. The van der Waals surface area contributed by atoms with Gasteiger partial charge in [-0.2, -0.15) is 0 Å². The summed E-state index contributed by atoms with van der Waals surface area (Å²) < 4.78 is 0. The zero-order valence-electron chi connectivity index (χ0n) is 8.26. The number of rotatable bonds is 5. The molecule has 0 nitrogen and oxygen atoms in total. The molecule has 0 heterocycles. The van der Waals surface area contributed by atoms with E-state index in [-0.39, 0.29) is 0 Å². The van der Waals surface area contributed by atoms with Crippen molar-refractivity contribution >= 4 is 11.8 Å². The van der Waals surface area contributed by atoms with E-state index in [0.29, 0.717) is 0 Å². The Kier molecular flexibility index (Phi) is 6.97. The Bertz CT molecular complexity index is 183. The third-order valence-electron chi connectivity index (χ3n) is 1.34. The van der Waals surface area contributed by atoms with Crippen LogP contribution in [0, 0.1) is 0 Å². The molecule has 0 aromatic carbocycles. The highest BCUT2D eigenvalue weighted by atomic mass is 32.2. The topological polar surface area (TPSA) is 0 Å². The summed E-state index contributed by atoms with van der Waals surface area (Å²) in [5.41, 5.74) is 1.38. The van der Waals surface area contributed by atoms with Gasteiger partial charge < -0.3 is 0 Å². The smallest absolute Gasteiger partial charge is 0.00583 e.